The Hall–Kier alpha value is -3.36. The van der Waals surface area contributed by atoms with Gasteiger partial charge in [-0.05, 0) is 75.6 Å². The molecule has 0 aromatic heterocycles. The highest BCUT2D eigenvalue weighted by atomic mass is 35.5. The lowest BCUT2D eigenvalue weighted by Crippen LogP contribution is -2.52. The zero-order valence-corrected chi connectivity index (χ0v) is 23.9. The van der Waals surface area contributed by atoms with Crippen LogP contribution < -0.4 is 9.62 Å². The Kier molecular flexibility index (Phi) is 9.57. The van der Waals surface area contributed by atoms with Crippen LogP contribution in [0.5, 0.6) is 0 Å². The summed E-state index contributed by atoms with van der Waals surface area (Å²) in [5.74, 6) is -0.836. The summed E-state index contributed by atoms with van der Waals surface area (Å²) in [4.78, 5) is 28.4. The molecule has 3 aromatic rings. The fourth-order valence-electron chi connectivity index (χ4n) is 4.04. The second-order valence-electron chi connectivity index (χ2n) is 9.54. The van der Waals surface area contributed by atoms with Crippen molar-refractivity contribution in [1.82, 2.24) is 10.2 Å². The minimum Gasteiger partial charge on any atom is -0.352 e. The van der Waals surface area contributed by atoms with E-state index in [-0.39, 0.29) is 23.4 Å². The summed E-state index contributed by atoms with van der Waals surface area (Å²) in [5, 5.41) is 3.19. The second-order valence-corrected chi connectivity index (χ2v) is 11.8. The van der Waals surface area contributed by atoms with Gasteiger partial charge in [0.2, 0.25) is 11.8 Å². The molecule has 1 atom stereocenters. The molecule has 0 fully saturated rings. The van der Waals surface area contributed by atoms with Crippen molar-refractivity contribution >= 4 is 39.1 Å². The molecule has 9 heteroatoms. The van der Waals surface area contributed by atoms with E-state index in [4.69, 9.17) is 11.6 Å². The Morgan fingerprint density at radius 3 is 2.16 bits per heavy atom. The zero-order valence-electron chi connectivity index (χ0n) is 22.3. The lowest BCUT2D eigenvalue weighted by molar-refractivity contribution is -0.139. The normalized spacial score (nSPS) is 12.2. The van der Waals surface area contributed by atoms with E-state index < -0.39 is 28.5 Å². The molecule has 0 aliphatic carbocycles. The van der Waals surface area contributed by atoms with Gasteiger partial charge >= 0.3 is 0 Å². The predicted molar refractivity (Wildman–Crippen MR) is 152 cm³/mol. The summed E-state index contributed by atoms with van der Waals surface area (Å²) >= 11 is 6.25. The number of aryl methyl sites for hydroxylation is 2. The number of amides is 2. The van der Waals surface area contributed by atoms with Gasteiger partial charge in [-0.15, -0.1) is 0 Å². The topological polar surface area (TPSA) is 86.8 Å². The summed E-state index contributed by atoms with van der Waals surface area (Å²) < 4.78 is 28.8. The predicted octanol–water partition coefficient (Wildman–Crippen LogP) is 5.09. The summed E-state index contributed by atoms with van der Waals surface area (Å²) in [6, 6.07) is 19.5. The van der Waals surface area contributed by atoms with Crippen LogP contribution in [0.25, 0.3) is 0 Å². The van der Waals surface area contributed by atoms with Crippen LogP contribution in [0.4, 0.5) is 5.69 Å². The van der Waals surface area contributed by atoms with Crippen LogP contribution in [0.3, 0.4) is 0 Å². The number of halogens is 1. The molecule has 0 bridgehead atoms. The quantitative estimate of drug-likeness (QED) is 0.377. The van der Waals surface area contributed by atoms with Gasteiger partial charge in [-0.3, -0.25) is 13.9 Å². The van der Waals surface area contributed by atoms with Crippen molar-refractivity contribution in [2.24, 2.45) is 0 Å². The number of hydrogen-bond acceptors (Lipinski definition) is 4. The van der Waals surface area contributed by atoms with Gasteiger partial charge in [-0.2, -0.15) is 0 Å². The molecule has 0 unspecified atom stereocenters. The molecule has 3 rings (SSSR count). The first-order valence-corrected chi connectivity index (χ1v) is 14.2. The number of sulfonamides is 1. The number of rotatable bonds is 10. The number of carbonyl (C=O) groups excluding carboxylic acids is 2. The standard InChI is InChI=1S/C29H34ClN3O4S/c1-20(2)31-29(35)23(5)32(18-24-12-10-9-11-21(24)3)28(34)19-33(27-17-25(30)16-15-22(27)4)38(36,37)26-13-7-6-8-14-26/h6-17,20,23H,18-19H2,1-5H3,(H,31,35)/t23-/m0/s1. The Balaban J connectivity index is 2.08. The summed E-state index contributed by atoms with van der Waals surface area (Å²) in [6.45, 7) is 8.65. The summed E-state index contributed by atoms with van der Waals surface area (Å²) in [7, 11) is -4.14. The third-order valence-electron chi connectivity index (χ3n) is 6.25. The van der Waals surface area contributed by atoms with Crippen LogP contribution >= 0.6 is 11.6 Å². The molecule has 0 radical (unpaired) electrons. The minimum atomic E-state index is -4.14. The average molecular weight is 556 g/mol. The van der Waals surface area contributed by atoms with Crippen LogP contribution in [0.1, 0.15) is 37.5 Å². The molecule has 202 valence electrons. The maximum absolute atomic E-state index is 14.0. The van der Waals surface area contributed by atoms with Gasteiger partial charge in [-0.1, -0.05) is 60.1 Å². The lowest BCUT2D eigenvalue weighted by atomic mass is 10.1. The molecule has 38 heavy (non-hydrogen) atoms. The Labute approximate surface area is 230 Å². The van der Waals surface area contributed by atoms with E-state index in [9.17, 15) is 18.0 Å². The lowest BCUT2D eigenvalue weighted by Gasteiger charge is -2.33. The van der Waals surface area contributed by atoms with E-state index in [0.717, 1.165) is 15.4 Å². The number of carbonyl (C=O) groups is 2. The van der Waals surface area contributed by atoms with Gasteiger partial charge in [-0.25, -0.2) is 8.42 Å². The third-order valence-corrected chi connectivity index (χ3v) is 8.26. The van der Waals surface area contributed by atoms with E-state index in [0.29, 0.717) is 16.3 Å². The van der Waals surface area contributed by atoms with Crippen molar-refractivity contribution in [3.8, 4) is 0 Å². The van der Waals surface area contributed by atoms with Crippen LogP contribution in [-0.2, 0) is 26.2 Å². The summed E-state index contributed by atoms with van der Waals surface area (Å²) in [6.07, 6.45) is 0. The number of nitrogens with zero attached hydrogens (tertiary/aromatic N) is 2. The maximum Gasteiger partial charge on any atom is 0.264 e. The minimum absolute atomic E-state index is 0.0447. The monoisotopic (exact) mass is 555 g/mol. The van der Waals surface area contributed by atoms with Gasteiger partial charge < -0.3 is 10.2 Å². The molecule has 0 heterocycles. The molecule has 2 amide bonds. The number of hydrogen-bond donors (Lipinski definition) is 1. The molecule has 0 saturated carbocycles. The van der Waals surface area contributed by atoms with Crippen molar-refractivity contribution in [3.05, 3.63) is 94.5 Å². The van der Waals surface area contributed by atoms with E-state index in [1.54, 1.807) is 44.2 Å². The van der Waals surface area contributed by atoms with Gasteiger partial charge in [0.1, 0.15) is 12.6 Å². The zero-order chi connectivity index (χ0) is 28.0. The van der Waals surface area contributed by atoms with Crippen LogP contribution in [-0.4, -0.2) is 43.8 Å². The Morgan fingerprint density at radius 2 is 1.53 bits per heavy atom. The Morgan fingerprint density at radius 1 is 0.895 bits per heavy atom. The SMILES string of the molecule is Cc1ccccc1CN(C(=O)CN(c1cc(Cl)ccc1C)S(=O)(=O)c1ccccc1)[C@@H](C)C(=O)NC(C)C. The maximum atomic E-state index is 14.0. The molecular weight excluding hydrogens is 522 g/mol. The van der Waals surface area contributed by atoms with Crippen molar-refractivity contribution < 1.29 is 18.0 Å². The van der Waals surface area contributed by atoms with Crippen molar-refractivity contribution in [2.75, 3.05) is 10.8 Å². The van der Waals surface area contributed by atoms with Crippen LogP contribution in [0.15, 0.2) is 77.7 Å². The average Bonchev–Trinajstić information content (AvgIpc) is 2.88. The van der Waals surface area contributed by atoms with Crippen molar-refractivity contribution in [3.63, 3.8) is 0 Å². The van der Waals surface area contributed by atoms with Gasteiger partial charge in [0.05, 0.1) is 10.6 Å². The third kappa shape index (κ3) is 6.94. The molecule has 7 nitrogen and oxygen atoms in total. The molecule has 0 aliphatic rings. The fraction of sp³-hybridized carbons (Fsp3) is 0.310. The van der Waals surface area contributed by atoms with Gasteiger partial charge in [0.25, 0.3) is 10.0 Å². The number of anilines is 1. The fourth-order valence-corrected chi connectivity index (χ4v) is 5.70. The largest absolute Gasteiger partial charge is 0.352 e. The Bertz CT molecular complexity index is 1390. The molecule has 1 N–H and O–H groups in total. The number of benzene rings is 3. The molecular formula is C29H34ClN3O4S. The first kappa shape index (κ1) is 29.2. The molecule has 3 aromatic carbocycles. The highest BCUT2D eigenvalue weighted by molar-refractivity contribution is 7.92. The van der Waals surface area contributed by atoms with E-state index in [1.807, 2.05) is 45.0 Å². The van der Waals surface area contributed by atoms with Crippen molar-refractivity contribution in [1.29, 1.82) is 0 Å². The van der Waals surface area contributed by atoms with E-state index in [1.165, 1.54) is 23.1 Å². The van der Waals surface area contributed by atoms with Crippen LogP contribution in [0.2, 0.25) is 5.02 Å². The van der Waals surface area contributed by atoms with Crippen molar-refractivity contribution in [2.45, 2.75) is 58.1 Å². The van der Waals surface area contributed by atoms with Gasteiger partial charge in [0, 0.05) is 17.6 Å². The number of nitrogens with one attached hydrogen (secondary N) is 1. The van der Waals surface area contributed by atoms with Crippen LogP contribution in [0, 0.1) is 13.8 Å². The van der Waals surface area contributed by atoms with E-state index in [2.05, 4.69) is 5.32 Å². The first-order chi connectivity index (χ1) is 17.9. The molecule has 0 saturated heterocycles. The highest BCUT2D eigenvalue weighted by Gasteiger charge is 2.33. The molecule has 0 spiro atoms. The van der Waals surface area contributed by atoms with E-state index >= 15 is 0 Å². The highest BCUT2D eigenvalue weighted by Crippen LogP contribution is 2.30. The second kappa shape index (κ2) is 12.5. The van der Waals surface area contributed by atoms with Gasteiger partial charge in [0.15, 0.2) is 0 Å². The summed E-state index contributed by atoms with van der Waals surface area (Å²) in [5.41, 5.74) is 2.75. The molecule has 0 aliphatic heterocycles. The first-order valence-electron chi connectivity index (χ1n) is 12.4. The smallest absolute Gasteiger partial charge is 0.264 e.